The minimum Gasteiger partial charge on any atom is -0.493 e. The number of guanidine groups is 1. The standard InChI is InChI=1S/C22H36N4O3.HI/c1-4-23-22(24-15-14-21(27)26-18-10-6-5-7-11-18)25-16-17(2)29-20-13-9-8-12-19(20)28-3;/h8-9,12-13,17-18H,4-7,10-11,14-16H2,1-3H3,(H,26,27)(H2,23,24,25);1H. The third-order valence-electron chi connectivity index (χ3n) is 4.86. The van der Waals surface area contributed by atoms with E-state index >= 15 is 0 Å². The van der Waals surface area contributed by atoms with Crippen molar-refractivity contribution in [3.05, 3.63) is 24.3 Å². The number of halogens is 1. The second kappa shape index (κ2) is 15.1. The van der Waals surface area contributed by atoms with Crippen molar-refractivity contribution in [1.29, 1.82) is 0 Å². The van der Waals surface area contributed by atoms with Gasteiger partial charge in [-0.05, 0) is 38.8 Å². The van der Waals surface area contributed by atoms with Gasteiger partial charge in [-0.25, -0.2) is 4.99 Å². The number of benzene rings is 1. The lowest BCUT2D eigenvalue weighted by Crippen LogP contribution is -2.41. The van der Waals surface area contributed by atoms with E-state index in [0.29, 0.717) is 43.0 Å². The lowest BCUT2D eigenvalue weighted by atomic mass is 9.95. The van der Waals surface area contributed by atoms with Crippen LogP contribution in [0.4, 0.5) is 0 Å². The molecule has 1 fully saturated rings. The first-order valence-electron chi connectivity index (χ1n) is 10.7. The summed E-state index contributed by atoms with van der Waals surface area (Å²) in [5.41, 5.74) is 0. The van der Waals surface area contributed by atoms with E-state index in [2.05, 4.69) is 20.9 Å². The molecule has 170 valence electrons. The van der Waals surface area contributed by atoms with E-state index in [4.69, 9.17) is 9.47 Å². The van der Waals surface area contributed by atoms with Crippen molar-refractivity contribution >= 4 is 35.8 Å². The SMILES string of the molecule is CCNC(=NCC(C)Oc1ccccc1OC)NCCC(=O)NC1CCCCC1.I. The van der Waals surface area contributed by atoms with E-state index in [1.54, 1.807) is 7.11 Å². The maximum Gasteiger partial charge on any atom is 0.221 e. The van der Waals surface area contributed by atoms with Crippen LogP contribution in [-0.2, 0) is 4.79 Å². The number of aliphatic imine (C=N–C) groups is 1. The van der Waals surface area contributed by atoms with Crippen LogP contribution in [0, 0.1) is 0 Å². The zero-order chi connectivity index (χ0) is 20.9. The van der Waals surface area contributed by atoms with Crippen molar-refractivity contribution in [1.82, 2.24) is 16.0 Å². The maximum absolute atomic E-state index is 12.1. The van der Waals surface area contributed by atoms with Gasteiger partial charge < -0.3 is 25.4 Å². The van der Waals surface area contributed by atoms with Gasteiger partial charge in [-0.3, -0.25) is 4.79 Å². The zero-order valence-electron chi connectivity index (χ0n) is 18.4. The van der Waals surface area contributed by atoms with Crippen LogP contribution in [0.2, 0.25) is 0 Å². The first-order chi connectivity index (χ1) is 14.1. The molecule has 0 aromatic heterocycles. The molecule has 1 aromatic rings. The van der Waals surface area contributed by atoms with Gasteiger partial charge in [-0.1, -0.05) is 31.4 Å². The Kier molecular flexibility index (Phi) is 13.3. The molecule has 0 heterocycles. The Morgan fingerprint density at radius 3 is 2.53 bits per heavy atom. The largest absolute Gasteiger partial charge is 0.493 e. The van der Waals surface area contributed by atoms with Crippen LogP contribution >= 0.6 is 24.0 Å². The van der Waals surface area contributed by atoms with E-state index in [1.165, 1.54) is 19.3 Å². The van der Waals surface area contributed by atoms with Crippen LogP contribution in [-0.4, -0.2) is 50.8 Å². The van der Waals surface area contributed by atoms with Crippen LogP contribution in [0.15, 0.2) is 29.3 Å². The molecule has 0 saturated heterocycles. The molecule has 1 aliphatic rings. The number of para-hydroxylation sites is 2. The highest BCUT2D eigenvalue weighted by atomic mass is 127. The molecule has 0 aliphatic heterocycles. The number of ether oxygens (including phenoxy) is 2. The predicted octanol–water partition coefficient (Wildman–Crippen LogP) is 3.47. The number of rotatable bonds is 10. The molecule has 0 spiro atoms. The van der Waals surface area contributed by atoms with Gasteiger partial charge in [-0.15, -0.1) is 24.0 Å². The second-order valence-electron chi connectivity index (χ2n) is 7.38. The van der Waals surface area contributed by atoms with Crippen molar-refractivity contribution in [2.75, 3.05) is 26.7 Å². The van der Waals surface area contributed by atoms with Crippen molar-refractivity contribution in [2.24, 2.45) is 4.99 Å². The van der Waals surface area contributed by atoms with E-state index in [9.17, 15) is 4.79 Å². The first-order valence-corrected chi connectivity index (χ1v) is 10.7. The number of hydrogen-bond donors (Lipinski definition) is 3. The predicted molar refractivity (Wildman–Crippen MR) is 132 cm³/mol. The summed E-state index contributed by atoms with van der Waals surface area (Å²) in [7, 11) is 1.63. The molecule has 1 unspecified atom stereocenters. The van der Waals surface area contributed by atoms with Gasteiger partial charge in [0.1, 0.15) is 6.10 Å². The Hall–Kier alpha value is -1.71. The molecule has 1 amide bonds. The molecule has 7 nitrogen and oxygen atoms in total. The summed E-state index contributed by atoms with van der Waals surface area (Å²) in [6, 6.07) is 7.93. The molecule has 30 heavy (non-hydrogen) atoms. The van der Waals surface area contributed by atoms with Gasteiger partial charge in [0, 0.05) is 25.6 Å². The number of carbonyl (C=O) groups is 1. The molecule has 3 N–H and O–H groups in total. The van der Waals surface area contributed by atoms with Crippen molar-refractivity contribution < 1.29 is 14.3 Å². The monoisotopic (exact) mass is 532 g/mol. The highest BCUT2D eigenvalue weighted by molar-refractivity contribution is 14.0. The van der Waals surface area contributed by atoms with Gasteiger partial charge in [0.25, 0.3) is 0 Å². The Labute approximate surface area is 197 Å². The van der Waals surface area contributed by atoms with Crippen LogP contribution in [0.5, 0.6) is 11.5 Å². The Balaban J connectivity index is 0.00000450. The lowest BCUT2D eigenvalue weighted by Gasteiger charge is -2.22. The first kappa shape index (κ1) is 26.3. The number of carbonyl (C=O) groups excluding carboxylic acids is 1. The fraction of sp³-hybridized carbons (Fsp3) is 0.636. The van der Waals surface area contributed by atoms with E-state index in [-0.39, 0.29) is 36.0 Å². The summed E-state index contributed by atoms with van der Waals surface area (Å²) in [4.78, 5) is 16.7. The van der Waals surface area contributed by atoms with Gasteiger partial charge in [-0.2, -0.15) is 0 Å². The third kappa shape index (κ3) is 9.86. The minimum atomic E-state index is -0.114. The minimum absolute atomic E-state index is 0. The molecule has 1 aromatic carbocycles. The second-order valence-corrected chi connectivity index (χ2v) is 7.38. The van der Waals surface area contributed by atoms with Gasteiger partial charge >= 0.3 is 0 Å². The third-order valence-corrected chi connectivity index (χ3v) is 4.86. The zero-order valence-corrected chi connectivity index (χ0v) is 20.7. The normalized spacial score (nSPS) is 15.5. The van der Waals surface area contributed by atoms with Crippen LogP contribution in [0.1, 0.15) is 52.4 Å². The van der Waals surface area contributed by atoms with E-state index in [0.717, 1.165) is 19.4 Å². The number of nitrogens with zero attached hydrogens (tertiary/aromatic N) is 1. The topological polar surface area (TPSA) is 84.0 Å². The van der Waals surface area contributed by atoms with Crippen LogP contribution in [0.25, 0.3) is 0 Å². The van der Waals surface area contributed by atoms with Crippen molar-refractivity contribution in [3.8, 4) is 11.5 Å². The summed E-state index contributed by atoms with van der Waals surface area (Å²) >= 11 is 0. The average Bonchev–Trinajstić information content (AvgIpc) is 2.73. The number of amides is 1. The van der Waals surface area contributed by atoms with Crippen LogP contribution < -0.4 is 25.4 Å². The molecule has 1 saturated carbocycles. The van der Waals surface area contributed by atoms with Crippen LogP contribution in [0.3, 0.4) is 0 Å². The molecule has 0 bridgehead atoms. The van der Waals surface area contributed by atoms with Crippen molar-refractivity contribution in [3.63, 3.8) is 0 Å². The number of methoxy groups -OCH3 is 1. The lowest BCUT2D eigenvalue weighted by molar-refractivity contribution is -0.121. The fourth-order valence-corrected chi connectivity index (χ4v) is 3.37. The highest BCUT2D eigenvalue weighted by Crippen LogP contribution is 2.26. The molecule has 1 aliphatic carbocycles. The average molecular weight is 532 g/mol. The fourth-order valence-electron chi connectivity index (χ4n) is 3.37. The summed E-state index contributed by atoms with van der Waals surface area (Å²) in [5, 5.41) is 9.58. The Bertz CT molecular complexity index is 651. The van der Waals surface area contributed by atoms with Crippen molar-refractivity contribution in [2.45, 2.75) is 64.5 Å². The molecular weight excluding hydrogens is 495 g/mol. The van der Waals surface area contributed by atoms with E-state index in [1.807, 2.05) is 38.1 Å². The molecule has 2 rings (SSSR count). The summed E-state index contributed by atoms with van der Waals surface area (Å²) in [5.74, 6) is 2.20. The summed E-state index contributed by atoms with van der Waals surface area (Å²) in [6.07, 6.45) is 6.26. The highest BCUT2D eigenvalue weighted by Gasteiger charge is 2.15. The Morgan fingerprint density at radius 1 is 1.17 bits per heavy atom. The molecule has 1 atom stereocenters. The van der Waals surface area contributed by atoms with E-state index < -0.39 is 0 Å². The number of hydrogen-bond acceptors (Lipinski definition) is 4. The molecule has 8 heteroatoms. The molecular formula is C22H37IN4O3. The summed E-state index contributed by atoms with van der Waals surface area (Å²) < 4.78 is 11.3. The van der Waals surface area contributed by atoms with Gasteiger partial charge in [0.15, 0.2) is 17.5 Å². The maximum atomic E-state index is 12.1. The number of nitrogens with one attached hydrogen (secondary N) is 3. The van der Waals surface area contributed by atoms with Gasteiger partial charge in [0.05, 0.1) is 13.7 Å². The Morgan fingerprint density at radius 2 is 1.87 bits per heavy atom. The smallest absolute Gasteiger partial charge is 0.221 e. The quantitative estimate of drug-likeness (QED) is 0.244. The van der Waals surface area contributed by atoms with Gasteiger partial charge in [0.2, 0.25) is 5.91 Å². The summed E-state index contributed by atoms with van der Waals surface area (Å²) in [6.45, 7) is 5.77. The molecule has 0 radical (unpaired) electrons.